The molecule has 1 amide bonds. The van der Waals surface area contributed by atoms with Crippen LogP contribution in [0.3, 0.4) is 0 Å². The number of fused-ring (bicyclic) bond motifs is 1. The fourth-order valence-corrected chi connectivity index (χ4v) is 4.46. The zero-order valence-electron chi connectivity index (χ0n) is 16.2. The molecule has 2 aliphatic rings. The molecule has 1 atom stereocenters. The average molecular weight is 367 g/mol. The van der Waals surface area contributed by atoms with Crippen molar-refractivity contribution in [3.8, 4) is 5.75 Å². The summed E-state index contributed by atoms with van der Waals surface area (Å²) in [6.07, 6.45) is 8.73. The molecule has 0 radical (unpaired) electrons. The van der Waals surface area contributed by atoms with Gasteiger partial charge in [-0.05, 0) is 49.9 Å². The third kappa shape index (κ3) is 3.87. The van der Waals surface area contributed by atoms with Crippen LogP contribution in [-0.4, -0.2) is 49.1 Å². The summed E-state index contributed by atoms with van der Waals surface area (Å²) in [5.74, 6) is 1.30. The maximum Gasteiger partial charge on any atom is 0.227 e. The normalized spacial score (nSPS) is 21.1. The monoisotopic (exact) mass is 367 g/mol. The molecule has 0 bridgehead atoms. The first-order chi connectivity index (χ1) is 13.3. The second-order valence-electron chi connectivity index (χ2n) is 7.74. The summed E-state index contributed by atoms with van der Waals surface area (Å²) in [7, 11) is 1.69. The summed E-state index contributed by atoms with van der Waals surface area (Å²) in [4.78, 5) is 22.1. The molecule has 0 aliphatic carbocycles. The lowest BCUT2D eigenvalue weighted by Crippen LogP contribution is -2.45. The molecular weight excluding hydrogens is 338 g/mol. The lowest BCUT2D eigenvalue weighted by Gasteiger charge is -2.36. The highest BCUT2D eigenvalue weighted by atomic mass is 16.5. The van der Waals surface area contributed by atoms with Crippen molar-refractivity contribution in [1.29, 1.82) is 0 Å². The fraction of sp³-hybridized carbons (Fsp3) is 0.545. The maximum atomic E-state index is 13.1. The Morgan fingerprint density at radius 3 is 2.67 bits per heavy atom. The molecule has 2 aromatic rings. The first kappa shape index (κ1) is 18.1. The number of nitrogens with zero attached hydrogens (tertiary/aromatic N) is 3. The maximum absolute atomic E-state index is 13.1. The van der Waals surface area contributed by atoms with E-state index in [1.165, 1.54) is 12.8 Å². The zero-order valence-corrected chi connectivity index (χ0v) is 16.2. The van der Waals surface area contributed by atoms with Gasteiger partial charge in [-0.25, -0.2) is 0 Å². The number of hydrogen-bond acceptors (Lipinski definition) is 4. The average Bonchev–Trinajstić information content (AvgIpc) is 3.02. The van der Waals surface area contributed by atoms with E-state index in [4.69, 9.17) is 4.74 Å². The number of aromatic nitrogens is 1. The van der Waals surface area contributed by atoms with Crippen LogP contribution >= 0.6 is 0 Å². The van der Waals surface area contributed by atoms with E-state index in [1.54, 1.807) is 7.11 Å². The fourth-order valence-electron chi connectivity index (χ4n) is 4.46. The second-order valence-corrected chi connectivity index (χ2v) is 7.74. The van der Waals surface area contributed by atoms with Gasteiger partial charge < -0.3 is 14.5 Å². The number of carbonyl (C=O) groups is 1. The van der Waals surface area contributed by atoms with E-state index < -0.39 is 0 Å². The van der Waals surface area contributed by atoms with Crippen molar-refractivity contribution in [1.82, 2.24) is 9.88 Å². The lowest BCUT2D eigenvalue weighted by molar-refractivity contribution is -0.135. The van der Waals surface area contributed by atoms with Crippen molar-refractivity contribution in [2.45, 2.75) is 38.5 Å². The van der Waals surface area contributed by atoms with Crippen molar-refractivity contribution >= 4 is 22.5 Å². The van der Waals surface area contributed by atoms with Crippen molar-refractivity contribution in [2.24, 2.45) is 5.92 Å². The Hall–Kier alpha value is -2.30. The van der Waals surface area contributed by atoms with Crippen molar-refractivity contribution < 1.29 is 9.53 Å². The Labute approximate surface area is 161 Å². The number of methoxy groups -OCH3 is 1. The van der Waals surface area contributed by atoms with Gasteiger partial charge in [-0.2, -0.15) is 0 Å². The van der Waals surface area contributed by atoms with E-state index in [0.29, 0.717) is 5.91 Å². The molecular formula is C22H29N3O2. The molecule has 2 saturated heterocycles. The first-order valence-corrected chi connectivity index (χ1v) is 10.2. The Kier molecular flexibility index (Phi) is 5.46. The van der Waals surface area contributed by atoms with Crippen LogP contribution in [0.1, 0.15) is 38.5 Å². The molecule has 4 rings (SSSR count). The van der Waals surface area contributed by atoms with Crippen molar-refractivity contribution in [3.05, 3.63) is 30.5 Å². The van der Waals surface area contributed by atoms with Crippen LogP contribution in [-0.2, 0) is 4.79 Å². The van der Waals surface area contributed by atoms with Crippen LogP contribution in [0.15, 0.2) is 30.5 Å². The third-order valence-corrected chi connectivity index (χ3v) is 5.95. The zero-order chi connectivity index (χ0) is 18.6. The van der Waals surface area contributed by atoms with Gasteiger partial charge in [0.25, 0.3) is 0 Å². The van der Waals surface area contributed by atoms with Crippen LogP contribution in [0.25, 0.3) is 10.9 Å². The summed E-state index contributed by atoms with van der Waals surface area (Å²) in [5, 5.41) is 1.10. The van der Waals surface area contributed by atoms with Gasteiger partial charge in [-0.1, -0.05) is 12.8 Å². The van der Waals surface area contributed by atoms with Gasteiger partial charge in [-0.15, -0.1) is 0 Å². The number of hydrogen-bond donors (Lipinski definition) is 0. The molecule has 0 spiro atoms. The van der Waals surface area contributed by atoms with Crippen LogP contribution in [0.2, 0.25) is 0 Å². The smallest absolute Gasteiger partial charge is 0.227 e. The first-order valence-electron chi connectivity index (χ1n) is 10.2. The third-order valence-electron chi connectivity index (χ3n) is 5.95. The highest BCUT2D eigenvalue weighted by molar-refractivity contribution is 5.93. The molecule has 5 heteroatoms. The minimum atomic E-state index is 0.102. The molecule has 2 fully saturated rings. The van der Waals surface area contributed by atoms with Crippen LogP contribution in [0, 0.1) is 5.92 Å². The summed E-state index contributed by atoms with van der Waals surface area (Å²) >= 11 is 0. The highest BCUT2D eigenvalue weighted by Crippen LogP contribution is 2.32. The molecule has 0 saturated carbocycles. The summed E-state index contributed by atoms with van der Waals surface area (Å²) in [5.41, 5.74) is 2.13. The summed E-state index contributed by atoms with van der Waals surface area (Å²) in [6.45, 7) is 3.65. The van der Waals surface area contributed by atoms with E-state index in [1.807, 2.05) is 18.3 Å². The summed E-state index contributed by atoms with van der Waals surface area (Å²) in [6, 6.07) is 8.07. The Bertz CT molecular complexity index is 799. The number of carbonyl (C=O) groups excluding carboxylic acids is 1. The molecule has 1 aromatic carbocycles. The Balaban J connectivity index is 1.56. The number of benzene rings is 1. The molecule has 0 N–H and O–H groups in total. The minimum absolute atomic E-state index is 0.102. The quantitative estimate of drug-likeness (QED) is 0.826. The van der Waals surface area contributed by atoms with Gasteiger partial charge >= 0.3 is 0 Å². The Morgan fingerprint density at radius 2 is 1.89 bits per heavy atom. The SMILES string of the molecule is COc1ccc2nccc(N3CCCC(C(=O)N4CCCCCC4)C3)c2c1. The predicted molar refractivity (Wildman–Crippen MR) is 108 cm³/mol. The molecule has 2 aliphatic heterocycles. The molecule has 144 valence electrons. The highest BCUT2D eigenvalue weighted by Gasteiger charge is 2.30. The Morgan fingerprint density at radius 1 is 1.07 bits per heavy atom. The number of ether oxygens (including phenoxy) is 1. The van der Waals surface area contributed by atoms with Gasteiger partial charge in [0.1, 0.15) is 5.75 Å². The van der Waals surface area contributed by atoms with Crippen LogP contribution < -0.4 is 9.64 Å². The number of amides is 1. The van der Waals surface area contributed by atoms with Crippen LogP contribution in [0.5, 0.6) is 5.75 Å². The van der Waals surface area contributed by atoms with E-state index >= 15 is 0 Å². The number of pyridine rings is 1. The van der Waals surface area contributed by atoms with Crippen LogP contribution in [0.4, 0.5) is 5.69 Å². The van der Waals surface area contributed by atoms with Gasteiger partial charge in [0.15, 0.2) is 0 Å². The van der Waals surface area contributed by atoms with Gasteiger partial charge in [0, 0.05) is 43.4 Å². The van der Waals surface area contributed by atoms with E-state index in [9.17, 15) is 4.79 Å². The van der Waals surface area contributed by atoms with Gasteiger partial charge in [0.2, 0.25) is 5.91 Å². The predicted octanol–water partition coefficient (Wildman–Crippen LogP) is 3.86. The molecule has 27 heavy (non-hydrogen) atoms. The van der Waals surface area contributed by atoms with Crippen molar-refractivity contribution in [2.75, 3.05) is 38.2 Å². The molecule has 5 nitrogen and oxygen atoms in total. The van der Waals surface area contributed by atoms with E-state index in [0.717, 1.165) is 74.2 Å². The lowest BCUT2D eigenvalue weighted by atomic mass is 9.95. The number of likely N-dealkylation sites (tertiary alicyclic amines) is 1. The van der Waals surface area contributed by atoms with Gasteiger partial charge in [0.05, 0.1) is 18.5 Å². The largest absolute Gasteiger partial charge is 0.497 e. The van der Waals surface area contributed by atoms with E-state index in [2.05, 4.69) is 26.9 Å². The number of piperidine rings is 1. The topological polar surface area (TPSA) is 45.7 Å². The number of anilines is 1. The van der Waals surface area contributed by atoms with E-state index in [-0.39, 0.29) is 5.92 Å². The second kappa shape index (κ2) is 8.15. The van der Waals surface area contributed by atoms with Crippen molar-refractivity contribution in [3.63, 3.8) is 0 Å². The summed E-state index contributed by atoms with van der Waals surface area (Å²) < 4.78 is 5.41. The standard InChI is InChI=1S/C22H29N3O2/c1-27-18-8-9-20-19(15-18)21(10-11-23-20)25-14-6-7-17(16-25)22(26)24-12-4-2-3-5-13-24/h8-11,15,17H,2-7,12-14,16H2,1H3. The molecule has 3 heterocycles. The van der Waals surface area contributed by atoms with Gasteiger partial charge in [-0.3, -0.25) is 9.78 Å². The molecule has 1 aromatic heterocycles. The minimum Gasteiger partial charge on any atom is -0.497 e. The molecule has 1 unspecified atom stereocenters. The number of rotatable bonds is 3.